The highest BCUT2D eigenvalue weighted by Crippen LogP contribution is 2.48. The van der Waals surface area contributed by atoms with Crippen molar-refractivity contribution in [2.75, 3.05) is 0 Å². The van der Waals surface area contributed by atoms with Crippen molar-refractivity contribution in [3.8, 4) is 0 Å². The normalized spacial score (nSPS) is 28.5. The van der Waals surface area contributed by atoms with E-state index in [-0.39, 0.29) is 0 Å². The third-order valence-electron chi connectivity index (χ3n) is 2.14. The molecule has 1 saturated carbocycles. The van der Waals surface area contributed by atoms with Gasteiger partial charge in [-0.05, 0) is 25.5 Å². The van der Waals surface area contributed by atoms with Crippen LogP contribution in [0.25, 0.3) is 0 Å². The summed E-state index contributed by atoms with van der Waals surface area (Å²) in [6, 6.07) is 4.27. The fourth-order valence-electron chi connectivity index (χ4n) is 1.34. The molecular formula is C9H10OS. The number of hydrogen-bond donors (Lipinski definition) is 0. The van der Waals surface area contributed by atoms with Crippen LogP contribution in [0.5, 0.6) is 0 Å². The van der Waals surface area contributed by atoms with Crippen LogP contribution in [0.15, 0.2) is 12.1 Å². The molecule has 1 aromatic rings. The van der Waals surface area contributed by atoms with E-state index in [4.69, 9.17) is 0 Å². The molecular weight excluding hydrogens is 156 g/mol. The molecule has 2 unspecified atom stereocenters. The monoisotopic (exact) mass is 166 g/mol. The van der Waals surface area contributed by atoms with Gasteiger partial charge in [-0.3, -0.25) is 0 Å². The number of hydrogen-bond acceptors (Lipinski definition) is 2. The van der Waals surface area contributed by atoms with Crippen molar-refractivity contribution in [2.45, 2.75) is 19.3 Å². The fraction of sp³-hybridized carbons (Fsp3) is 0.444. The molecule has 0 N–H and O–H groups in total. The average molecular weight is 166 g/mol. The number of aldehydes is 1. The Labute approximate surface area is 70.1 Å². The van der Waals surface area contributed by atoms with Gasteiger partial charge in [-0.1, -0.05) is 0 Å². The van der Waals surface area contributed by atoms with Gasteiger partial charge in [0.1, 0.15) is 6.29 Å². The molecule has 1 fully saturated rings. The molecule has 1 aliphatic carbocycles. The summed E-state index contributed by atoms with van der Waals surface area (Å²) in [5, 5.41) is 0. The lowest BCUT2D eigenvalue weighted by Crippen LogP contribution is -1.78. The van der Waals surface area contributed by atoms with Gasteiger partial charge in [-0.15, -0.1) is 11.3 Å². The maximum absolute atomic E-state index is 10.4. The minimum Gasteiger partial charge on any atom is -0.303 e. The first-order valence-corrected chi connectivity index (χ1v) is 4.64. The van der Waals surface area contributed by atoms with Crippen LogP contribution in [-0.2, 0) is 4.79 Å². The highest BCUT2D eigenvalue weighted by atomic mass is 32.1. The summed E-state index contributed by atoms with van der Waals surface area (Å²) < 4.78 is 0. The summed E-state index contributed by atoms with van der Waals surface area (Å²) in [5.74, 6) is 0.888. The van der Waals surface area contributed by atoms with E-state index in [0.29, 0.717) is 11.8 Å². The molecule has 0 spiro atoms. The summed E-state index contributed by atoms with van der Waals surface area (Å²) in [4.78, 5) is 13.1. The summed E-state index contributed by atoms with van der Waals surface area (Å²) in [5.41, 5.74) is 0. The Hall–Kier alpha value is -0.630. The second kappa shape index (κ2) is 2.45. The minimum absolute atomic E-state index is 0.327. The first kappa shape index (κ1) is 7.04. The Morgan fingerprint density at radius 3 is 2.91 bits per heavy atom. The van der Waals surface area contributed by atoms with Gasteiger partial charge < -0.3 is 4.79 Å². The highest BCUT2D eigenvalue weighted by molar-refractivity contribution is 7.12. The van der Waals surface area contributed by atoms with Gasteiger partial charge in [0.2, 0.25) is 0 Å². The smallest absolute Gasteiger partial charge is 0.123 e. The Morgan fingerprint density at radius 1 is 1.64 bits per heavy atom. The van der Waals surface area contributed by atoms with Gasteiger partial charge in [-0.2, -0.15) is 0 Å². The third kappa shape index (κ3) is 1.23. The van der Waals surface area contributed by atoms with Crippen molar-refractivity contribution < 1.29 is 4.79 Å². The molecule has 2 heteroatoms. The van der Waals surface area contributed by atoms with Crippen LogP contribution < -0.4 is 0 Å². The predicted octanol–water partition coefficient (Wildman–Crippen LogP) is 2.36. The highest BCUT2D eigenvalue weighted by Gasteiger charge is 2.38. The molecule has 1 aromatic heterocycles. The van der Waals surface area contributed by atoms with Crippen LogP contribution in [0.3, 0.4) is 0 Å². The first-order chi connectivity index (χ1) is 5.31. The molecule has 0 amide bonds. The van der Waals surface area contributed by atoms with E-state index in [2.05, 4.69) is 19.1 Å². The molecule has 11 heavy (non-hydrogen) atoms. The quantitative estimate of drug-likeness (QED) is 0.616. The molecule has 1 heterocycles. The Bertz CT molecular complexity index is 277. The molecule has 2 rings (SSSR count). The van der Waals surface area contributed by atoms with Crippen molar-refractivity contribution in [3.05, 3.63) is 21.9 Å². The number of aryl methyl sites for hydroxylation is 1. The lowest BCUT2D eigenvalue weighted by atomic mass is 10.3. The summed E-state index contributed by atoms with van der Waals surface area (Å²) in [7, 11) is 0. The molecule has 1 nitrogen and oxygen atoms in total. The van der Waals surface area contributed by atoms with Crippen molar-refractivity contribution in [2.24, 2.45) is 5.92 Å². The second-order valence-electron chi connectivity index (χ2n) is 3.09. The number of thiophene rings is 1. The zero-order valence-corrected chi connectivity index (χ0v) is 7.23. The van der Waals surface area contributed by atoms with Crippen molar-refractivity contribution >= 4 is 17.6 Å². The van der Waals surface area contributed by atoms with Crippen LogP contribution in [0.2, 0.25) is 0 Å². The number of carbonyl (C=O) groups excluding carboxylic acids is 1. The SMILES string of the molecule is Cc1ccc(C2CC2C=O)s1. The van der Waals surface area contributed by atoms with E-state index < -0.39 is 0 Å². The zero-order chi connectivity index (χ0) is 7.84. The van der Waals surface area contributed by atoms with E-state index >= 15 is 0 Å². The Morgan fingerprint density at radius 2 is 2.45 bits per heavy atom. The third-order valence-corrected chi connectivity index (χ3v) is 3.27. The second-order valence-corrected chi connectivity index (χ2v) is 4.41. The van der Waals surface area contributed by atoms with Crippen molar-refractivity contribution in [3.63, 3.8) is 0 Å². The van der Waals surface area contributed by atoms with Crippen LogP contribution >= 0.6 is 11.3 Å². The molecule has 58 valence electrons. The van der Waals surface area contributed by atoms with Crippen LogP contribution in [0, 0.1) is 12.8 Å². The molecule has 0 radical (unpaired) electrons. The molecule has 0 aromatic carbocycles. The van der Waals surface area contributed by atoms with E-state index in [0.717, 1.165) is 12.7 Å². The summed E-state index contributed by atoms with van der Waals surface area (Å²) >= 11 is 1.82. The van der Waals surface area contributed by atoms with E-state index in [1.54, 1.807) is 0 Å². The lowest BCUT2D eigenvalue weighted by molar-refractivity contribution is -0.108. The van der Waals surface area contributed by atoms with E-state index in [1.807, 2.05) is 11.3 Å². The Balaban J connectivity index is 2.14. The number of rotatable bonds is 2. The maximum atomic E-state index is 10.4. The van der Waals surface area contributed by atoms with Gasteiger partial charge in [0.25, 0.3) is 0 Å². The van der Waals surface area contributed by atoms with Crippen LogP contribution in [0.4, 0.5) is 0 Å². The average Bonchev–Trinajstić information content (AvgIpc) is 2.68. The van der Waals surface area contributed by atoms with Gasteiger partial charge in [0.05, 0.1) is 0 Å². The predicted molar refractivity (Wildman–Crippen MR) is 46.0 cm³/mol. The van der Waals surface area contributed by atoms with Crippen LogP contribution in [0.1, 0.15) is 22.1 Å². The van der Waals surface area contributed by atoms with Crippen molar-refractivity contribution in [1.29, 1.82) is 0 Å². The van der Waals surface area contributed by atoms with E-state index in [9.17, 15) is 4.79 Å². The van der Waals surface area contributed by atoms with Crippen LogP contribution in [-0.4, -0.2) is 6.29 Å². The molecule has 1 aliphatic rings. The topological polar surface area (TPSA) is 17.1 Å². The summed E-state index contributed by atoms with van der Waals surface area (Å²) in [6.45, 7) is 2.10. The van der Waals surface area contributed by atoms with E-state index in [1.165, 1.54) is 9.75 Å². The maximum Gasteiger partial charge on any atom is 0.123 e. The molecule has 0 aliphatic heterocycles. The van der Waals surface area contributed by atoms with Crippen molar-refractivity contribution in [1.82, 2.24) is 0 Å². The first-order valence-electron chi connectivity index (χ1n) is 3.83. The zero-order valence-electron chi connectivity index (χ0n) is 6.41. The lowest BCUT2D eigenvalue weighted by Gasteiger charge is -1.86. The van der Waals surface area contributed by atoms with Gasteiger partial charge in [0, 0.05) is 21.6 Å². The largest absolute Gasteiger partial charge is 0.303 e. The van der Waals surface area contributed by atoms with Gasteiger partial charge in [0.15, 0.2) is 0 Å². The number of carbonyl (C=O) groups is 1. The molecule has 0 bridgehead atoms. The van der Waals surface area contributed by atoms with Gasteiger partial charge >= 0.3 is 0 Å². The summed E-state index contributed by atoms with van der Waals surface area (Å²) in [6.07, 6.45) is 2.16. The minimum atomic E-state index is 0.327. The van der Waals surface area contributed by atoms with Gasteiger partial charge in [-0.25, -0.2) is 0 Å². The Kier molecular flexibility index (Phi) is 1.57. The molecule has 2 atom stereocenters. The fourth-order valence-corrected chi connectivity index (χ4v) is 2.41. The molecule has 0 saturated heterocycles. The standard InChI is InChI=1S/C9H10OS/c1-6-2-3-9(11-6)8-4-7(8)5-10/h2-3,5,7-8H,4H2,1H3.